The molecular weight excluding hydrogens is 396 g/mol. The average Bonchev–Trinajstić information content (AvgIpc) is 2.89. The van der Waals surface area contributed by atoms with E-state index in [0.29, 0.717) is 6.04 Å². The van der Waals surface area contributed by atoms with E-state index in [-0.39, 0.29) is 5.91 Å². The van der Waals surface area contributed by atoms with E-state index in [1.165, 1.54) is 0 Å². The average molecular weight is 427 g/mol. The zero-order valence-electron chi connectivity index (χ0n) is 18.4. The van der Waals surface area contributed by atoms with Gasteiger partial charge in [0.1, 0.15) is 0 Å². The fourth-order valence-electron chi connectivity index (χ4n) is 4.83. The topological polar surface area (TPSA) is 48.5 Å². The minimum Gasteiger partial charge on any atom is -0.339 e. The number of pyridine rings is 1. The quantitative estimate of drug-likeness (QED) is 0.687. The monoisotopic (exact) mass is 426 g/mol. The van der Waals surface area contributed by atoms with Crippen molar-refractivity contribution >= 4 is 5.91 Å². The molecule has 164 valence electrons. The van der Waals surface area contributed by atoms with Gasteiger partial charge in [-0.25, -0.2) is 4.98 Å². The molecule has 0 spiro atoms. The van der Waals surface area contributed by atoms with Gasteiger partial charge in [-0.15, -0.1) is 0 Å². The van der Waals surface area contributed by atoms with Crippen molar-refractivity contribution < 1.29 is 4.79 Å². The molecule has 0 bridgehead atoms. The van der Waals surface area contributed by atoms with Gasteiger partial charge in [-0.2, -0.15) is 0 Å². The number of nitrogens with zero attached hydrogens (tertiary/aromatic N) is 3. The second kappa shape index (κ2) is 9.63. The Bertz CT molecular complexity index is 982. The number of rotatable bonds is 4. The van der Waals surface area contributed by atoms with E-state index in [2.05, 4.69) is 10.2 Å². The van der Waals surface area contributed by atoms with Gasteiger partial charge in [-0.05, 0) is 25.0 Å². The van der Waals surface area contributed by atoms with Crippen LogP contribution in [0.5, 0.6) is 0 Å². The Hall–Kier alpha value is -3.02. The lowest BCUT2D eigenvalue weighted by Crippen LogP contribution is -2.52. The Morgan fingerprint density at radius 2 is 1.31 bits per heavy atom. The first-order valence-corrected chi connectivity index (χ1v) is 11.6. The summed E-state index contributed by atoms with van der Waals surface area (Å²) in [5, 5.41) is 3.43. The van der Waals surface area contributed by atoms with Crippen molar-refractivity contribution in [3.05, 3.63) is 78.4 Å². The fraction of sp³-hybridized carbons (Fsp3) is 0.333. The number of likely N-dealkylation sites (tertiary alicyclic amines) is 1. The Kier molecular flexibility index (Phi) is 6.28. The predicted molar refractivity (Wildman–Crippen MR) is 128 cm³/mol. The number of amides is 1. The fourth-order valence-corrected chi connectivity index (χ4v) is 4.83. The van der Waals surface area contributed by atoms with Crippen LogP contribution in [0.1, 0.15) is 23.2 Å². The third kappa shape index (κ3) is 4.59. The number of piperidine rings is 1. The zero-order valence-corrected chi connectivity index (χ0v) is 18.4. The second-order valence-electron chi connectivity index (χ2n) is 8.67. The van der Waals surface area contributed by atoms with Gasteiger partial charge in [-0.3, -0.25) is 9.69 Å². The van der Waals surface area contributed by atoms with Crippen LogP contribution in [0.15, 0.2) is 72.8 Å². The molecule has 0 unspecified atom stereocenters. The van der Waals surface area contributed by atoms with Crippen LogP contribution in [-0.4, -0.2) is 66.0 Å². The Morgan fingerprint density at radius 1 is 0.781 bits per heavy atom. The highest BCUT2D eigenvalue weighted by Gasteiger charge is 2.28. The van der Waals surface area contributed by atoms with Crippen LogP contribution in [0.2, 0.25) is 0 Å². The predicted octanol–water partition coefficient (Wildman–Crippen LogP) is 3.93. The normalized spacial score (nSPS) is 17.9. The maximum atomic E-state index is 13.5. The summed E-state index contributed by atoms with van der Waals surface area (Å²) in [6, 6.07) is 24.7. The second-order valence-corrected chi connectivity index (χ2v) is 8.67. The van der Waals surface area contributed by atoms with Crippen LogP contribution in [0, 0.1) is 0 Å². The maximum absolute atomic E-state index is 13.5. The van der Waals surface area contributed by atoms with Crippen molar-refractivity contribution in [2.75, 3.05) is 39.3 Å². The van der Waals surface area contributed by atoms with Gasteiger partial charge in [-0.1, -0.05) is 60.7 Å². The molecule has 5 nitrogen and oxygen atoms in total. The molecule has 1 aromatic heterocycles. The van der Waals surface area contributed by atoms with E-state index in [0.717, 1.165) is 80.2 Å². The van der Waals surface area contributed by atoms with E-state index in [4.69, 9.17) is 4.98 Å². The highest BCUT2D eigenvalue weighted by molar-refractivity contribution is 5.96. The van der Waals surface area contributed by atoms with Crippen molar-refractivity contribution in [1.29, 1.82) is 0 Å². The first-order valence-electron chi connectivity index (χ1n) is 11.6. The van der Waals surface area contributed by atoms with E-state index in [9.17, 15) is 4.79 Å². The summed E-state index contributed by atoms with van der Waals surface area (Å²) in [7, 11) is 0. The van der Waals surface area contributed by atoms with Gasteiger partial charge in [0.15, 0.2) is 0 Å². The Balaban J connectivity index is 1.39. The molecule has 1 N–H and O–H groups in total. The molecule has 2 aromatic carbocycles. The van der Waals surface area contributed by atoms with Gasteiger partial charge >= 0.3 is 0 Å². The van der Waals surface area contributed by atoms with Crippen LogP contribution in [0.4, 0.5) is 0 Å². The van der Waals surface area contributed by atoms with E-state index < -0.39 is 0 Å². The highest BCUT2D eigenvalue weighted by atomic mass is 16.2. The molecule has 5 rings (SSSR count). The minimum absolute atomic E-state index is 0.112. The Labute approximate surface area is 190 Å². The van der Waals surface area contributed by atoms with Gasteiger partial charge in [0.2, 0.25) is 0 Å². The summed E-state index contributed by atoms with van der Waals surface area (Å²) in [5.41, 5.74) is 4.45. The van der Waals surface area contributed by atoms with Gasteiger partial charge in [0.25, 0.3) is 5.91 Å². The Morgan fingerprint density at radius 3 is 1.84 bits per heavy atom. The molecular formula is C27H30N4O. The van der Waals surface area contributed by atoms with E-state index in [1.807, 2.05) is 77.7 Å². The first kappa shape index (κ1) is 20.9. The van der Waals surface area contributed by atoms with Gasteiger partial charge < -0.3 is 10.2 Å². The summed E-state index contributed by atoms with van der Waals surface area (Å²) in [6.45, 7) is 6.00. The lowest BCUT2D eigenvalue weighted by molar-refractivity contribution is 0.0601. The molecule has 0 atom stereocenters. The molecule has 2 fully saturated rings. The molecule has 5 heteroatoms. The van der Waals surface area contributed by atoms with E-state index >= 15 is 0 Å². The standard InChI is InChI=1S/C27H30N4O/c32-27(31-15-11-24(12-16-31)30-17-13-28-14-18-30)23-19-25(21-7-3-1-4-8-21)29-26(20-23)22-9-5-2-6-10-22/h1-10,19-20,24,28H,11-18H2. The first-order chi connectivity index (χ1) is 15.8. The third-order valence-corrected chi connectivity index (χ3v) is 6.63. The number of aromatic nitrogens is 1. The number of piperazine rings is 1. The summed E-state index contributed by atoms with van der Waals surface area (Å²) in [6.07, 6.45) is 2.10. The molecule has 0 radical (unpaired) electrons. The van der Waals surface area contributed by atoms with E-state index in [1.54, 1.807) is 0 Å². The zero-order chi connectivity index (χ0) is 21.8. The molecule has 0 saturated carbocycles. The van der Waals surface area contributed by atoms with Crippen molar-refractivity contribution in [3.8, 4) is 22.5 Å². The number of carbonyl (C=O) groups excluding carboxylic acids is 1. The smallest absolute Gasteiger partial charge is 0.254 e. The molecule has 2 aliphatic heterocycles. The molecule has 1 amide bonds. The molecule has 32 heavy (non-hydrogen) atoms. The largest absolute Gasteiger partial charge is 0.339 e. The minimum atomic E-state index is 0.112. The van der Waals surface area contributed by atoms with Crippen molar-refractivity contribution in [2.45, 2.75) is 18.9 Å². The van der Waals surface area contributed by atoms with Crippen molar-refractivity contribution in [3.63, 3.8) is 0 Å². The lowest BCUT2D eigenvalue weighted by Gasteiger charge is -2.40. The lowest BCUT2D eigenvalue weighted by atomic mass is 10.00. The SMILES string of the molecule is O=C(c1cc(-c2ccccc2)nc(-c2ccccc2)c1)N1CCC(N2CCNCC2)CC1. The molecule has 2 saturated heterocycles. The summed E-state index contributed by atoms with van der Waals surface area (Å²) in [4.78, 5) is 23.0. The number of nitrogens with one attached hydrogen (secondary N) is 1. The van der Waals surface area contributed by atoms with Crippen LogP contribution < -0.4 is 5.32 Å². The van der Waals surface area contributed by atoms with Crippen LogP contribution >= 0.6 is 0 Å². The number of carbonyl (C=O) groups is 1. The summed E-state index contributed by atoms with van der Waals surface area (Å²) < 4.78 is 0. The van der Waals surface area contributed by atoms with Crippen LogP contribution in [0.3, 0.4) is 0 Å². The molecule has 0 aliphatic carbocycles. The van der Waals surface area contributed by atoms with Crippen LogP contribution in [-0.2, 0) is 0 Å². The van der Waals surface area contributed by atoms with Crippen molar-refractivity contribution in [2.24, 2.45) is 0 Å². The van der Waals surface area contributed by atoms with Gasteiger partial charge in [0, 0.05) is 62.0 Å². The summed E-state index contributed by atoms with van der Waals surface area (Å²) in [5.74, 6) is 0.112. The third-order valence-electron chi connectivity index (χ3n) is 6.63. The molecule has 3 heterocycles. The number of hydrogen-bond donors (Lipinski definition) is 1. The van der Waals surface area contributed by atoms with Crippen molar-refractivity contribution in [1.82, 2.24) is 20.1 Å². The van der Waals surface area contributed by atoms with Gasteiger partial charge in [0.05, 0.1) is 11.4 Å². The maximum Gasteiger partial charge on any atom is 0.254 e. The molecule has 3 aromatic rings. The van der Waals surface area contributed by atoms with Crippen LogP contribution in [0.25, 0.3) is 22.5 Å². The number of benzene rings is 2. The number of hydrogen-bond acceptors (Lipinski definition) is 4. The molecule has 2 aliphatic rings. The highest BCUT2D eigenvalue weighted by Crippen LogP contribution is 2.26. The summed E-state index contributed by atoms with van der Waals surface area (Å²) >= 11 is 0.